The first-order chi connectivity index (χ1) is 8.31. The Morgan fingerprint density at radius 1 is 1.47 bits per heavy atom. The second-order valence-corrected chi connectivity index (χ2v) is 4.83. The van der Waals surface area contributed by atoms with Crippen LogP contribution in [0, 0.1) is 0 Å². The fraction of sp³-hybridized carbons (Fsp3) is 0.500. The number of halogens is 1. The number of hydrogen-bond acceptors (Lipinski definition) is 4. The molecule has 0 aliphatic carbocycles. The van der Waals surface area contributed by atoms with E-state index in [4.69, 9.17) is 10.2 Å². The summed E-state index contributed by atoms with van der Waals surface area (Å²) in [4.78, 5) is 15.3. The topological polar surface area (TPSA) is 89.8 Å². The van der Waals surface area contributed by atoms with Gasteiger partial charge in [-0.3, -0.25) is 0 Å². The molecule has 0 fully saturated rings. The molecular formula is C12H20IN3O3. The number of rotatable bonds is 3. The molecule has 0 unspecified atom stereocenters. The molecule has 0 saturated heterocycles. The van der Waals surface area contributed by atoms with E-state index in [1.165, 1.54) is 7.11 Å². The van der Waals surface area contributed by atoms with Crippen LogP contribution in [0.3, 0.4) is 0 Å². The maximum absolute atomic E-state index is 11.2. The molecule has 108 valence electrons. The third-order valence-corrected chi connectivity index (χ3v) is 1.96. The number of guanidine groups is 1. The van der Waals surface area contributed by atoms with Gasteiger partial charge in [-0.1, -0.05) is 0 Å². The zero-order valence-corrected chi connectivity index (χ0v) is 13.8. The second kappa shape index (κ2) is 7.37. The summed E-state index contributed by atoms with van der Waals surface area (Å²) in [5.74, 6) is 0.531. The fourth-order valence-electron chi connectivity index (χ4n) is 1.26. The van der Waals surface area contributed by atoms with Crippen LogP contribution in [0.1, 0.15) is 37.1 Å². The van der Waals surface area contributed by atoms with Crippen molar-refractivity contribution in [3.63, 3.8) is 0 Å². The number of nitrogens with zero attached hydrogens (tertiary/aromatic N) is 1. The van der Waals surface area contributed by atoms with E-state index in [0.717, 1.165) is 0 Å². The van der Waals surface area contributed by atoms with E-state index >= 15 is 0 Å². The minimum absolute atomic E-state index is 0. The van der Waals surface area contributed by atoms with Crippen molar-refractivity contribution in [2.45, 2.75) is 32.9 Å². The van der Waals surface area contributed by atoms with Crippen LogP contribution in [0.5, 0.6) is 0 Å². The molecule has 0 aromatic carbocycles. The summed E-state index contributed by atoms with van der Waals surface area (Å²) in [7, 11) is 1.30. The zero-order chi connectivity index (χ0) is 13.8. The van der Waals surface area contributed by atoms with E-state index in [1.807, 2.05) is 20.8 Å². The van der Waals surface area contributed by atoms with E-state index < -0.39 is 5.97 Å². The highest BCUT2D eigenvalue weighted by atomic mass is 127. The summed E-state index contributed by atoms with van der Waals surface area (Å²) in [6.07, 6.45) is 0. The summed E-state index contributed by atoms with van der Waals surface area (Å²) in [5, 5.41) is 3.02. The quantitative estimate of drug-likeness (QED) is 0.361. The zero-order valence-electron chi connectivity index (χ0n) is 11.5. The Kier molecular flexibility index (Phi) is 6.88. The van der Waals surface area contributed by atoms with Gasteiger partial charge in [0.2, 0.25) is 5.76 Å². The molecule has 0 bridgehead atoms. The first kappa shape index (κ1) is 17.8. The van der Waals surface area contributed by atoms with Crippen LogP contribution in [-0.2, 0) is 11.3 Å². The number of aliphatic imine (C=N–C) groups is 1. The van der Waals surface area contributed by atoms with Crippen LogP contribution in [0.25, 0.3) is 0 Å². The Morgan fingerprint density at radius 2 is 2.11 bits per heavy atom. The van der Waals surface area contributed by atoms with Crippen LogP contribution in [0.2, 0.25) is 0 Å². The Labute approximate surface area is 129 Å². The average Bonchev–Trinajstić information content (AvgIpc) is 2.71. The Morgan fingerprint density at radius 3 is 2.63 bits per heavy atom. The van der Waals surface area contributed by atoms with Gasteiger partial charge in [-0.2, -0.15) is 0 Å². The number of furan rings is 1. The lowest BCUT2D eigenvalue weighted by Gasteiger charge is -2.20. The molecule has 0 saturated carbocycles. The van der Waals surface area contributed by atoms with Crippen molar-refractivity contribution < 1.29 is 13.9 Å². The number of nitrogens with one attached hydrogen (secondary N) is 1. The lowest BCUT2D eigenvalue weighted by Crippen LogP contribution is -2.44. The molecule has 19 heavy (non-hydrogen) atoms. The first-order valence-corrected chi connectivity index (χ1v) is 5.57. The summed E-state index contributed by atoms with van der Waals surface area (Å²) in [6.45, 7) is 6.22. The van der Waals surface area contributed by atoms with Crippen molar-refractivity contribution in [3.05, 3.63) is 23.7 Å². The smallest absolute Gasteiger partial charge is 0.373 e. The van der Waals surface area contributed by atoms with Gasteiger partial charge in [0, 0.05) is 5.54 Å². The normalized spacial score (nSPS) is 11.7. The SMILES string of the molecule is COC(=O)c1ccc(CN=C(N)NC(C)(C)C)o1.I. The molecule has 6 nitrogen and oxygen atoms in total. The fourth-order valence-corrected chi connectivity index (χ4v) is 1.26. The van der Waals surface area contributed by atoms with E-state index in [-0.39, 0.29) is 41.8 Å². The Hall–Kier alpha value is -1.25. The maximum atomic E-state index is 11.2. The summed E-state index contributed by atoms with van der Waals surface area (Å²) >= 11 is 0. The average molecular weight is 381 g/mol. The highest BCUT2D eigenvalue weighted by Crippen LogP contribution is 2.10. The number of esters is 1. The van der Waals surface area contributed by atoms with Crippen LogP contribution < -0.4 is 11.1 Å². The summed E-state index contributed by atoms with van der Waals surface area (Å²) in [6, 6.07) is 3.21. The largest absolute Gasteiger partial charge is 0.463 e. The Bertz CT molecular complexity index is 449. The number of nitrogens with two attached hydrogens (primary N) is 1. The molecular weight excluding hydrogens is 361 g/mol. The van der Waals surface area contributed by atoms with Crippen LogP contribution in [-0.4, -0.2) is 24.6 Å². The highest BCUT2D eigenvalue weighted by Gasteiger charge is 2.12. The van der Waals surface area contributed by atoms with Crippen molar-refractivity contribution in [1.29, 1.82) is 0 Å². The number of carbonyl (C=O) groups excluding carboxylic acids is 1. The van der Waals surface area contributed by atoms with E-state index in [2.05, 4.69) is 15.0 Å². The van der Waals surface area contributed by atoms with Gasteiger partial charge >= 0.3 is 5.97 Å². The standard InChI is InChI=1S/C12H19N3O3.HI/c1-12(2,3)15-11(13)14-7-8-5-6-9(18-8)10(16)17-4;/h5-6H,7H2,1-4H3,(H3,13,14,15);1H. The van der Waals surface area contributed by atoms with Crippen molar-refractivity contribution in [2.24, 2.45) is 10.7 Å². The second-order valence-electron chi connectivity index (χ2n) is 4.83. The molecule has 0 radical (unpaired) electrons. The monoisotopic (exact) mass is 381 g/mol. The molecule has 0 amide bonds. The van der Waals surface area contributed by atoms with Crippen molar-refractivity contribution in [2.75, 3.05) is 7.11 Å². The molecule has 0 aliphatic heterocycles. The lowest BCUT2D eigenvalue weighted by molar-refractivity contribution is 0.0563. The van der Waals surface area contributed by atoms with Crippen molar-refractivity contribution >= 4 is 35.9 Å². The van der Waals surface area contributed by atoms with E-state index in [1.54, 1.807) is 12.1 Å². The van der Waals surface area contributed by atoms with Gasteiger partial charge in [-0.05, 0) is 32.9 Å². The number of hydrogen-bond donors (Lipinski definition) is 2. The predicted molar refractivity (Wildman–Crippen MR) is 83.7 cm³/mol. The predicted octanol–water partition coefficient (Wildman–Crippen LogP) is 1.89. The summed E-state index contributed by atoms with van der Waals surface area (Å²) in [5.41, 5.74) is 5.56. The van der Waals surface area contributed by atoms with E-state index in [9.17, 15) is 4.79 Å². The third kappa shape index (κ3) is 6.46. The Balaban J connectivity index is 0.00000324. The first-order valence-electron chi connectivity index (χ1n) is 5.57. The molecule has 1 aromatic rings. The number of methoxy groups -OCH3 is 1. The third-order valence-electron chi connectivity index (χ3n) is 1.96. The molecule has 1 aromatic heterocycles. The van der Waals surface area contributed by atoms with Gasteiger partial charge in [-0.25, -0.2) is 9.79 Å². The van der Waals surface area contributed by atoms with E-state index in [0.29, 0.717) is 11.7 Å². The van der Waals surface area contributed by atoms with Gasteiger partial charge in [0.15, 0.2) is 5.96 Å². The van der Waals surface area contributed by atoms with Gasteiger partial charge < -0.3 is 20.2 Å². The minimum Gasteiger partial charge on any atom is -0.463 e. The minimum atomic E-state index is -0.508. The van der Waals surface area contributed by atoms with Crippen molar-refractivity contribution in [1.82, 2.24) is 5.32 Å². The lowest BCUT2D eigenvalue weighted by atomic mass is 10.1. The van der Waals surface area contributed by atoms with Crippen LogP contribution >= 0.6 is 24.0 Å². The highest BCUT2D eigenvalue weighted by molar-refractivity contribution is 14.0. The number of carbonyl (C=O) groups is 1. The van der Waals surface area contributed by atoms with Crippen LogP contribution in [0.4, 0.5) is 0 Å². The van der Waals surface area contributed by atoms with Gasteiger partial charge in [0.25, 0.3) is 0 Å². The molecule has 0 spiro atoms. The van der Waals surface area contributed by atoms with Crippen LogP contribution in [0.15, 0.2) is 21.5 Å². The number of ether oxygens (including phenoxy) is 1. The van der Waals surface area contributed by atoms with Gasteiger partial charge in [-0.15, -0.1) is 24.0 Å². The maximum Gasteiger partial charge on any atom is 0.373 e. The summed E-state index contributed by atoms with van der Waals surface area (Å²) < 4.78 is 9.79. The molecule has 1 rings (SSSR count). The molecule has 7 heteroatoms. The molecule has 1 heterocycles. The van der Waals surface area contributed by atoms with Gasteiger partial charge in [0.1, 0.15) is 12.3 Å². The molecule has 0 atom stereocenters. The molecule has 0 aliphatic rings. The van der Waals surface area contributed by atoms with Gasteiger partial charge in [0.05, 0.1) is 7.11 Å². The van der Waals surface area contributed by atoms with Crippen molar-refractivity contribution in [3.8, 4) is 0 Å². The molecule has 3 N–H and O–H groups in total.